The molecule has 9 heteroatoms. The standard InChI is InChI=1S/C19H17N7O2/c1-12(2)13-7-9-14(10-8-13)22-18-17(26(27)28)19(21-11-20-18)25-16-6-4-3-5-15(16)23-24-25/h3-12H,1-2H3,(H,20,21,22). The second-order valence-electron chi connectivity index (χ2n) is 6.54. The van der Waals surface area contributed by atoms with Gasteiger partial charge < -0.3 is 5.32 Å². The molecule has 2 aromatic carbocycles. The smallest absolute Gasteiger partial charge is 0.334 e. The van der Waals surface area contributed by atoms with E-state index in [-0.39, 0.29) is 17.3 Å². The number of nitrogens with zero attached hydrogens (tertiary/aromatic N) is 6. The van der Waals surface area contributed by atoms with Crippen molar-refractivity contribution in [1.29, 1.82) is 0 Å². The van der Waals surface area contributed by atoms with Gasteiger partial charge in [-0.2, -0.15) is 4.68 Å². The van der Waals surface area contributed by atoms with E-state index < -0.39 is 4.92 Å². The van der Waals surface area contributed by atoms with Gasteiger partial charge in [-0.15, -0.1) is 5.10 Å². The molecule has 0 saturated carbocycles. The van der Waals surface area contributed by atoms with Crippen molar-refractivity contribution in [2.24, 2.45) is 0 Å². The van der Waals surface area contributed by atoms with Crippen LogP contribution in [0.3, 0.4) is 0 Å². The van der Waals surface area contributed by atoms with Crippen LogP contribution in [0.25, 0.3) is 16.9 Å². The van der Waals surface area contributed by atoms with Gasteiger partial charge in [0.1, 0.15) is 11.8 Å². The highest BCUT2D eigenvalue weighted by atomic mass is 16.6. The fraction of sp³-hybridized carbons (Fsp3) is 0.158. The quantitative estimate of drug-likeness (QED) is 0.415. The molecule has 140 valence electrons. The van der Waals surface area contributed by atoms with Crippen LogP contribution in [0, 0.1) is 10.1 Å². The van der Waals surface area contributed by atoms with E-state index >= 15 is 0 Å². The third-order valence-corrected chi connectivity index (χ3v) is 4.38. The maximum Gasteiger partial charge on any atom is 0.356 e. The minimum absolute atomic E-state index is 0.0509. The lowest BCUT2D eigenvalue weighted by molar-refractivity contribution is -0.384. The number of nitro groups is 1. The number of benzene rings is 2. The van der Waals surface area contributed by atoms with E-state index in [1.807, 2.05) is 36.4 Å². The number of fused-ring (bicyclic) bond motifs is 1. The van der Waals surface area contributed by atoms with Crippen molar-refractivity contribution in [2.45, 2.75) is 19.8 Å². The van der Waals surface area contributed by atoms with E-state index in [9.17, 15) is 10.1 Å². The zero-order valence-electron chi connectivity index (χ0n) is 15.3. The average molecular weight is 375 g/mol. The fourth-order valence-corrected chi connectivity index (χ4v) is 2.90. The van der Waals surface area contributed by atoms with Crippen molar-refractivity contribution in [3.05, 3.63) is 70.5 Å². The Balaban J connectivity index is 1.79. The molecule has 0 saturated heterocycles. The zero-order chi connectivity index (χ0) is 19.7. The molecule has 1 N–H and O–H groups in total. The summed E-state index contributed by atoms with van der Waals surface area (Å²) in [4.78, 5) is 19.5. The summed E-state index contributed by atoms with van der Waals surface area (Å²) in [5, 5.41) is 22.9. The van der Waals surface area contributed by atoms with Crippen LogP contribution in [-0.2, 0) is 0 Å². The first-order valence-electron chi connectivity index (χ1n) is 8.72. The molecule has 0 aliphatic carbocycles. The molecule has 0 atom stereocenters. The largest absolute Gasteiger partial charge is 0.356 e. The van der Waals surface area contributed by atoms with Crippen molar-refractivity contribution in [3.8, 4) is 5.82 Å². The first kappa shape index (κ1) is 17.5. The van der Waals surface area contributed by atoms with Crippen LogP contribution in [0.4, 0.5) is 17.2 Å². The second kappa shape index (κ2) is 7.03. The lowest BCUT2D eigenvalue weighted by Gasteiger charge is -2.10. The van der Waals surface area contributed by atoms with Crippen LogP contribution in [0.5, 0.6) is 0 Å². The van der Waals surface area contributed by atoms with Crippen molar-refractivity contribution in [3.63, 3.8) is 0 Å². The molecule has 0 aliphatic heterocycles. The second-order valence-corrected chi connectivity index (χ2v) is 6.54. The van der Waals surface area contributed by atoms with Crippen LogP contribution in [-0.4, -0.2) is 29.9 Å². The molecule has 2 heterocycles. The van der Waals surface area contributed by atoms with Crippen LogP contribution < -0.4 is 5.32 Å². The van der Waals surface area contributed by atoms with Gasteiger partial charge in [0.2, 0.25) is 11.6 Å². The summed E-state index contributed by atoms with van der Waals surface area (Å²) in [6, 6.07) is 14.9. The Labute approximate surface area is 160 Å². The Morgan fingerprint density at radius 2 is 1.82 bits per heavy atom. The monoisotopic (exact) mass is 375 g/mol. The van der Waals surface area contributed by atoms with Gasteiger partial charge in [0.05, 0.1) is 10.4 Å². The molecule has 9 nitrogen and oxygen atoms in total. The minimum atomic E-state index is -0.517. The topological polar surface area (TPSA) is 112 Å². The van der Waals surface area contributed by atoms with Gasteiger partial charge in [0.25, 0.3) is 0 Å². The lowest BCUT2D eigenvalue weighted by Crippen LogP contribution is -2.09. The first-order valence-corrected chi connectivity index (χ1v) is 8.72. The number of para-hydroxylation sites is 1. The van der Waals surface area contributed by atoms with Crippen molar-refractivity contribution >= 4 is 28.2 Å². The highest BCUT2D eigenvalue weighted by Gasteiger charge is 2.26. The Bertz CT molecular complexity index is 1150. The summed E-state index contributed by atoms with van der Waals surface area (Å²) in [5.74, 6) is 0.538. The molecule has 0 amide bonds. The van der Waals surface area contributed by atoms with E-state index in [1.165, 1.54) is 16.6 Å². The minimum Gasteiger partial charge on any atom is -0.334 e. The molecule has 0 spiro atoms. The summed E-state index contributed by atoms with van der Waals surface area (Å²) < 4.78 is 1.35. The van der Waals surface area contributed by atoms with Gasteiger partial charge in [-0.25, -0.2) is 9.97 Å². The van der Waals surface area contributed by atoms with Crippen molar-refractivity contribution < 1.29 is 4.92 Å². The van der Waals surface area contributed by atoms with Gasteiger partial charge in [0.15, 0.2) is 0 Å². The zero-order valence-corrected chi connectivity index (χ0v) is 15.3. The predicted molar refractivity (Wildman–Crippen MR) is 105 cm³/mol. The SMILES string of the molecule is CC(C)c1ccc(Nc2ncnc(-n3nnc4ccccc43)c2[N+](=O)[O-])cc1. The summed E-state index contributed by atoms with van der Waals surface area (Å²) in [6.07, 6.45) is 1.27. The molecule has 0 radical (unpaired) electrons. The Morgan fingerprint density at radius 1 is 1.07 bits per heavy atom. The molecule has 0 unspecified atom stereocenters. The molecule has 4 rings (SSSR count). The summed E-state index contributed by atoms with van der Waals surface area (Å²) in [6.45, 7) is 4.21. The van der Waals surface area contributed by atoms with Crippen molar-refractivity contribution in [2.75, 3.05) is 5.32 Å². The van der Waals surface area contributed by atoms with E-state index in [4.69, 9.17) is 0 Å². The lowest BCUT2D eigenvalue weighted by atomic mass is 10.0. The van der Waals surface area contributed by atoms with Gasteiger partial charge in [0, 0.05) is 5.69 Å². The average Bonchev–Trinajstić information content (AvgIpc) is 3.12. The Morgan fingerprint density at radius 3 is 2.54 bits per heavy atom. The number of hydrogen-bond donors (Lipinski definition) is 1. The molecule has 0 fully saturated rings. The molecule has 0 aliphatic rings. The third-order valence-electron chi connectivity index (χ3n) is 4.38. The maximum atomic E-state index is 11.8. The summed E-state index contributed by atoms with van der Waals surface area (Å²) in [5.41, 5.74) is 2.84. The van der Waals surface area contributed by atoms with Crippen LogP contribution >= 0.6 is 0 Å². The van der Waals surface area contributed by atoms with Crippen LogP contribution in [0.1, 0.15) is 25.3 Å². The number of rotatable bonds is 5. The molecular weight excluding hydrogens is 358 g/mol. The summed E-state index contributed by atoms with van der Waals surface area (Å²) in [7, 11) is 0. The Hall–Kier alpha value is -3.88. The van der Waals surface area contributed by atoms with Crippen LogP contribution in [0.2, 0.25) is 0 Å². The number of anilines is 2. The first-order chi connectivity index (χ1) is 13.5. The van der Waals surface area contributed by atoms with E-state index in [0.29, 0.717) is 22.6 Å². The number of aromatic nitrogens is 5. The van der Waals surface area contributed by atoms with Gasteiger partial charge in [-0.3, -0.25) is 10.1 Å². The van der Waals surface area contributed by atoms with Crippen molar-refractivity contribution in [1.82, 2.24) is 25.0 Å². The molecule has 0 bridgehead atoms. The third kappa shape index (κ3) is 3.13. The molecule has 28 heavy (non-hydrogen) atoms. The molecule has 4 aromatic rings. The number of nitrogens with one attached hydrogen (secondary N) is 1. The molecular formula is C19H17N7O2. The Kier molecular flexibility index (Phi) is 4.40. The van der Waals surface area contributed by atoms with E-state index in [0.717, 1.165) is 0 Å². The molecule has 2 aromatic heterocycles. The van der Waals surface area contributed by atoms with E-state index in [2.05, 4.69) is 39.4 Å². The van der Waals surface area contributed by atoms with E-state index in [1.54, 1.807) is 12.1 Å². The van der Waals surface area contributed by atoms with Gasteiger partial charge in [-0.1, -0.05) is 43.3 Å². The highest BCUT2D eigenvalue weighted by molar-refractivity contribution is 5.78. The maximum absolute atomic E-state index is 11.8. The normalized spacial score (nSPS) is 11.1. The predicted octanol–water partition coefficient (Wildman–Crippen LogP) is 3.99. The van der Waals surface area contributed by atoms with Gasteiger partial charge >= 0.3 is 5.69 Å². The fourth-order valence-electron chi connectivity index (χ4n) is 2.90. The number of hydrogen-bond acceptors (Lipinski definition) is 7. The van der Waals surface area contributed by atoms with Gasteiger partial charge in [-0.05, 0) is 35.7 Å². The summed E-state index contributed by atoms with van der Waals surface area (Å²) >= 11 is 0. The highest BCUT2D eigenvalue weighted by Crippen LogP contribution is 2.31. The van der Waals surface area contributed by atoms with Crippen LogP contribution in [0.15, 0.2) is 54.9 Å².